The van der Waals surface area contributed by atoms with Crippen molar-refractivity contribution in [2.24, 2.45) is 0 Å². The maximum absolute atomic E-state index is 12.9. The molecule has 0 saturated heterocycles. The lowest BCUT2D eigenvalue weighted by Gasteiger charge is -2.14. The van der Waals surface area contributed by atoms with Gasteiger partial charge in [-0.15, -0.1) is 0 Å². The van der Waals surface area contributed by atoms with Gasteiger partial charge in [-0.05, 0) is 35.4 Å². The summed E-state index contributed by atoms with van der Waals surface area (Å²) in [6.07, 6.45) is 1.56. The molecule has 0 aliphatic heterocycles. The minimum Gasteiger partial charge on any atom is -0.497 e. The number of carbonyl (C=O) groups is 1. The van der Waals surface area contributed by atoms with Crippen molar-refractivity contribution in [1.29, 1.82) is 0 Å². The molecule has 8 nitrogen and oxygen atoms in total. The first kappa shape index (κ1) is 21.0. The Bertz CT molecular complexity index is 1380. The Kier molecular flexibility index (Phi) is 6.12. The van der Waals surface area contributed by atoms with Crippen LogP contribution in [0.5, 0.6) is 5.75 Å². The minimum absolute atomic E-state index is 0.214. The van der Waals surface area contributed by atoms with Gasteiger partial charge < -0.3 is 10.1 Å². The predicted octanol–water partition coefficient (Wildman–Crippen LogP) is 1.93. The van der Waals surface area contributed by atoms with Crippen LogP contribution < -0.4 is 21.2 Å². The van der Waals surface area contributed by atoms with Crippen LogP contribution in [0, 0.1) is 0 Å². The van der Waals surface area contributed by atoms with Crippen LogP contribution >= 0.6 is 0 Å². The highest BCUT2D eigenvalue weighted by Crippen LogP contribution is 2.13. The van der Waals surface area contributed by atoms with Crippen molar-refractivity contribution in [2.45, 2.75) is 19.6 Å². The number of carbonyl (C=O) groups excluding carboxylic acids is 1. The van der Waals surface area contributed by atoms with Gasteiger partial charge in [-0.2, -0.15) is 0 Å². The van der Waals surface area contributed by atoms with Gasteiger partial charge >= 0.3 is 11.1 Å². The van der Waals surface area contributed by atoms with Gasteiger partial charge in [0.15, 0.2) is 5.65 Å². The molecule has 1 N–H and O–H groups in total. The predicted molar refractivity (Wildman–Crippen MR) is 121 cm³/mol. The molecule has 2 aromatic heterocycles. The molecule has 2 heterocycles. The second kappa shape index (κ2) is 9.30. The maximum Gasteiger partial charge on any atom is 0.318 e. The molecule has 2 aromatic carbocycles. The van der Waals surface area contributed by atoms with Gasteiger partial charge in [0.2, 0.25) is 5.91 Å². The van der Waals surface area contributed by atoms with Gasteiger partial charge in [-0.1, -0.05) is 42.5 Å². The van der Waals surface area contributed by atoms with Crippen LogP contribution in [0.15, 0.2) is 82.5 Å². The van der Waals surface area contributed by atoms with Crippen molar-refractivity contribution in [3.05, 3.63) is 105 Å². The van der Waals surface area contributed by atoms with Gasteiger partial charge in [0.1, 0.15) is 12.3 Å². The van der Waals surface area contributed by atoms with Crippen molar-refractivity contribution < 1.29 is 9.53 Å². The molecule has 0 saturated carbocycles. The fourth-order valence-corrected chi connectivity index (χ4v) is 3.50. The van der Waals surface area contributed by atoms with Gasteiger partial charge in [0.25, 0.3) is 0 Å². The number of amides is 1. The van der Waals surface area contributed by atoms with Crippen LogP contribution in [0.2, 0.25) is 0 Å². The smallest absolute Gasteiger partial charge is 0.318 e. The Balaban J connectivity index is 1.62. The van der Waals surface area contributed by atoms with Crippen molar-refractivity contribution in [3.8, 4) is 5.75 Å². The van der Waals surface area contributed by atoms with Crippen molar-refractivity contribution in [2.75, 3.05) is 7.11 Å². The van der Waals surface area contributed by atoms with E-state index in [0.717, 1.165) is 11.1 Å². The molecular weight excluding hydrogens is 408 g/mol. The quantitative estimate of drug-likeness (QED) is 0.452. The second-order valence-corrected chi connectivity index (χ2v) is 7.24. The third-order valence-electron chi connectivity index (χ3n) is 5.09. The third kappa shape index (κ3) is 4.44. The minimum atomic E-state index is -0.766. The summed E-state index contributed by atoms with van der Waals surface area (Å²) in [5.74, 6) is 0.298. The molecule has 0 radical (unpaired) electrons. The zero-order valence-electron chi connectivity index (χ0n) is 17.5. The van der Waals surface area contributed by atoms with Gasteiger partial charge in [-0.3, -0.25) is 23.5 Å². The average Bonchev–Trinajstić information content (AvgIpc) is 2.84. The first-order valence-corrected chi connectivity index (χ1v) is 10.1. The molecule has 32 heavy (non-hydrogen) atoms. The van der Waals surface area contributed by atoms with E-state index in [1.165, 1.54) is 9.13 Å². The van der Waals surface area contributed by atoms with Crippen LogP contribution in [0.3, 0.4) is 0 Å². The van der Waals surface area contributed by atoms with Gasteiger partial charge in [0, 0.05) is 12.7 Å². The summed E-state index contributed by atoms with van der Waals surface area (Å²) in [4.78, 5) is 42.7. The Morgan fingerprint density at radius 2 is 1.69 bits per heavy atom. The number of methoxy groups -OCH3 is 1. The van der Waals surface area contributed by atoms with Crippen LogP contribution in [-0.4, -0.2) is 27.1 Å². The fraction of sp³-hybridized carbons (Fsp3) is 0.167. The SMILES string of the molecule is COc1cccc(CNC(=O)Cn2c(=O)c(=O)n(Cc3ccccc3)c3ncccc32)c1. The Morgan fingerprint density at radius 3 is 2.47 bits per heavy atom. The van der Waals surface area contributed by atoms with Crippen LogP contribution in [0.1, 0.15) is 11.1 Å². The number of pyridine rings is 1. The highest BCUT2D eigenvalue weighted by molar-refractivity contribution is 5.78. The molecule has 4 aromatic rings. The molecule has 0 bridgehead atoms. The van der Waals surface area contributed by atoms with E-state index < -0.39 is 11.1 Å². The molecule has 1 amide bonds. The molecule has 0 aliphatic rings. The van der Waals surface area contributed by atoms with E-state index in [-0.39, 0.29) is 25.5 Å². The molecular formula is C24H22N4O4. The molecule has 162 valence electrons. The molecule has 0 spiro atoms. The van der Waals surface area contributed by atoms with Crippen LogP contribution in [0.25, 0.3) is 11.2 Å². The maximum atomic E-state index is 12.9. The zero-order chi connectivity index (χ0) is 22.5. The zero-order valence-corrected chi connectivity index (χ0v) is 17.5. The molecule has 0 unspecified atom stereocenters. The van der Waals surface area contributed by atoms with E-state index in [4.69, 9.17) is 4.74 Å². The normalized spacial score (nSPS) is 10.8. The summed E-state index contributed by atoms with van der Waals surface area (Å²) < 4.78 is 7.70. The summed E-state index contributed by atoms with van der Waals surface area (Å²) in [6, 6.07) is 20.0. The first-order valence-electron chi connectivity index (χ1n) is 10.1. The highest BCUT2D eigenvalue weighted by atomic mass is 16.5. The standard InChI is InChI=1S/C24H22N4O4/c1-32-19-10-5-9-18(13-19)14-26-21(29)16-27-20-11-6-12-25-22(20)28(24(31)23(27)30)15-17-7-3-2-4-8-17/h2-13H,14-16H2,1H3,(H,26,29). The topological polar surface area (TPSA) is 95.2 Å². The molecule has 4 rings (SSSR count). The van der Waals surface area contributed by atoms with Crippen LogP contribution in [-0.2, 0) is 24.4 Å². The number of nitrogens with one attached hydrogen (secondary N) is 1. The van der Waals surface area contributed by atoms with E-state index in [0.29, 0.717) is 16.9 Å². The second-order valence-electron chi connectivity index (χ2n) is 7.24. The summed E-state index contributed by atoms with van der Waals surface area (Å²) in [6.45, 7) is 0.198. The monoisotopic (exact) mass is 430 g/mol. The van der Waals surface area contributed by atoms with E-state index in [9.17, 15) is 14.4 Å². The molecule has 0 atom stereocenters. The molecule has 8 heteroatoms. The fourth-order valence-electron chi connectivity index (χ4n) is 3.50. The number of rotatable bonds is 7. The van der Waals surface area contributed by atoms with Crippen molar-refractivity contribution >= 4 is 17.1 Å². The van der Waals surface area contributed by atoms with Gasteiger partial charge in [-0.25, -0.2) is 4.98 Å². The lowest BCUT2D eigenvalue weighted by Crippen LogP contribution is -2.44. The summed E-state index contributed by atoms with van der Waals surface area (Å²) in [7, 11) is 1.57. The number of aromatic nitrogens is 3. The number of hydrogen-bond acceptors (Lipinski definition) is 5. The third-order valence-corrected chi connectivity index (χ3v) is 5.09. The number of hydrogen-bond donors (Lipinski definition) is 1. The number of nitrogens with zero attached hydrogens (tertiary/aromatic N) is 3. The largest absolute Gasteiger partial charge is 0.497 e. The number of fused-ring (bicyclic) bond motifs is 1. The molecule has 0 fully saturated rings. The number of benzene rings is 2. The Labute approximate surface area is 183 Å². The Hall–Kier alpha value is -4.20. The summed E-state index contributed by atoms with van der Waals surface area (Å²) >= 11 is 0. The van der Waals surface area contributed by atoms with Crippen molar-refractivity contribution in [1.82, 2.24) is 19.4 Å². The van der Waals surface area contributed by atoms with E-state index in [2.05, 4.69) is 10.3 Å². The van der Waals surface area contributed by atoms with E-state index >= 15 is 0 Å². The van der Waals surface area contributed by atoms with Crippen LogP contribution in [0.4, 0.5) is 0 Å². The Morgan fingerprint density at radius 1 is 0.938 bits per heavy atom. The number of ether oxygens (including phenoxy) is 1. The molecule has 0 aliphatic carbocycles. The van der Waals surface area contributed by atoms with E-state index in [1.54, 1.807) is 25.4 Å². The first-order chi connectivity index (χ1) is 15.6. The van der Waals surface area contributed by atoms with E-state index in [1.807, 2.05) is 54.6 Å². The summed E-state index contributed by atoms with van der Waals surface area (Å²) in [5.41, 5.74) is 1.01. The highest BCUT2D eigenvalue weighted by Gasteiger charge is 2.16. The lowest BCUT2D eigenvalue weighted by molar-refractivity contribution is -0.121. The average molecular weight is 430 g/mol. The lowest BCUT2D eigenvalue weighted by atomic mass is 10.2. The van der Waals surface area contributed by atoms with Gasteiger partial charge in [0.05, 0.1) is 19.2 Å². The summed E-state index contributed by atoms with van der Waals surface area (Å²) in [5, 5.41) is 2.78. The van der Waals surface area contributed by atoms with Crippen molar-refractivity contribution in [3.63, 3.8) is 0 Å².